The minimum atomic E-state index is -0.238. The zero-order valence-corrected chi connectivity index (χ0v) is 18.7. The molecule has 0 unspecified atom stereocenters. The van der Waals surface area contributed by atoms with Crippen LogP contribution in [0.2, 0.25) is 0 Å². The van der Waals surface area contributed by atoms with Crippen molar-refractivity contribution in [1.29, 1.82) is 0 Å². The number of hydrogen-bond donors (Lipinski definition) is 1. The molecule has 4 aromatic rings. The molecule has 0 aliphatic carbocycles. The molecule has 1 aromatic carbocycles. The summed E-state index contributed by atoms with van der Waals surface area (Å²) in [5, 5.41) is 7.74. The smallest absolute Gasteiger partial charge is 0.252 e. The average molecular weight is 439 g/mol. The van der Waals surface area contributed by atoms with Crippen molar-refractivity contribution < 1.29 is 14.3 Å². The van der Waals surface area contributed by atoms with Gasteiger partial charge < -0.3 is 14.8 Å². The Kier molecular flexibility index (Phi) is 5.55. The lowest BCUT2D eigenvalue weighted by atomic mass is 10.1. The van der Waals surface area contributed by atoms with E-state index in [1.165, 1.54) is 11.3 Å². The Morgan fingerprint density at radius 2 is 1.84 bits per heavy atom. The summed E-state index contributed by atoms with van der Waals surface area (Å²) in [5.41, 5.74) is 3.43. The lowest BCUT2D eigenvalue weighted by Gasteiger charge is -2.08. The standard InChI is InChI=1S/C21H22N6O3S/c1-11-8-12(2)27-20(22-11)23-17(26-27)10-18(28)24-21-25-19(13(3)31-21)14-6-7-15(29-4)16(9-14)30-5/h6-9H,10H2,1-5H3,(H,24,25,28). The Labute approximate surface area is 183 Å². The maximum atomic E-state index is 12.6. The fourth-order valence-electron chi connectivity index (χ4n) is 3.29. The summed E-state index contributed by atoms with van der Waals surface area (Å²) in [4.78, 5) is 26.8. The summed E-state index contributed by atoms with van der Waals surface area (Å²) in [5.74, 6) is 1.92. The molecule has 0 aliphatic rings. The van der Waals surface area contributed by atoms with Crippen LogP contribution < -0.4 is 14.8 Å². The van der Waals surface area contributed by atoms with E-state index in [2.05, 4.69) is 25.4 Å². The highest BCUT2D eigenvalue weighted by atomic mass is 32.1. The summed E-state index contributed by atoms with van der Waals surface area (Å²) in [6, 6.07) is 7.52. The van der Waals surface area contributed by atoms with E-state index in [1.807, 2.05) is 45.0 Å². The number of carbonyl (C=O) groups excluding carboxylic acids is 1. The highest BCUT2D eigenvalue weighted by molar-refractivity contribution is 7.16. The van der Waals surface area contributed by atoms with Crippen LogP contribution >= 0.6 is 11.3 Å². The van der Waals surface area contributed by atoms with Crippen LogP contribution in [0.15, 0.2) is 24.3 Å². The second kappa shape index (κ2) is 8.31. The molecule has 160 valence electrons. The molecular weight excluding hydrogens is 416 g/mol. The fraction of sp³-hybridized carbons (Fsp3) is 0.286. The molecule has 3 aromatic heterocycles. The third-order valence-corrected chi connectivity index (χ3v) is 5.57. The molecule has 1 amide bonds. The Bertz CT molecular complexity index is 1280. The number of fused-ring (bicyclic) bond motifs is 1. The number of thiazole rings is 1. The molecule has 9 nitrogen and oxygen atoms in total. The topological polar surface area (TPSA) is 104 Å². The van der Waals surface area contributed by atoms with Gasteiger partial charge in [0.25, 0.3) is 5.78 Å². The first kappa shape index (κ1) is 20.7. The summed E-state index contributed by atoms with van der Waals surface area (Å²) in [6.07, 6.45) is 0.0339. The van der Waals surface area contributed by atoms with Gasteiger partial charge in [-0.15, -0.1) is 16.4 Å². The summed E-state index contributed by atoms with van der Waals surface area (Å²) in [7, 11) is 3.18. The third-order valence-electron chi connectivity index (χ3n) is 4.68. The van der Waals surface area contributed by atoms with E-state index in [4.69, 9.17) is 9.47 Å². The van der Waals surface area contributed by atoms with E-state index < -0.39 is 0 Å². The summed E-state index contributed by atoms with van der Waals surface area (Å²) < 4.78 is 12.3. The Hall–Kier alpha value is -3.53. The zero-order valence-electron chi connectivity index (χ0n) is 17.9. The van der Waals surface area contributed by atoms with Crippen molar-refractivity contribution in [2.24, 2.45) is 0 Å². The Balaban J connectivity index is 1.52. The van der Waals surface area contributed by atoms with Crippen molar-refractivity contribution in [2.45, 2.75) is 27.2 Å². The number of nitrogens with one attached hydrogen (secondary N) is 1. The van der Waals surface area contributed by atoms with Gasteiger partial charge in [-0.1, -0.05) is 0 Å². The molecule has 4 rings (SSSR count). The first-order valence-electron chi connectivity index (χ1n) is 9.57. The van der Waals surface area contributed by atoms with Crippen LogP contribution in [0, 0.1) is 20.8 Å². The minimum absolute atomic E-state index is 0.0339. The number of aromatic nitrogens is 5. The molecule has 0 bridgehead atoms. The molecule has 31 heavy (non-hydrogen) atoms. The molecular formula is C21H22N6O3S. The molecule has 0 radical (unpaired) electrons. The quantitative estimate of drug-likeness (QED) is 0.492. The van der Waals surface area contributed by atoms with Gasteiger partial charge in [0, 0.05) is 21.8 Å². The van der Waals surface area contributed by atoms with Crippen LogP contribution in [-0.2, 0) is 11.2 Å². The van der Waals surface area contributed by atoms with Crippen molar-refractivity contribution in [3.8, 4) is 22.8 Å². The zero-order chi connectivity index (χ0) is 22.1. The molecule has 10 heteroatoms. The third kappa shape index (κ3) is 4.19. The number of carbonyl (C=O) groups is 1. The van der Waals surface area contributed by atoms with Crippen molar-refractivity contribution >= 4 is 28.2 Å². The summed E-state index contributed by atoms with van der Waals surface area (Å²) in [6.45, 7) is 5.78. The van der Waals surface area contributed by atoms with Gasteiger partial charge in [0.05, 0.1) is 26.3 Å². The first-order chi connectivity index (χ1) is 14.9. The Morgan fingerprint density at radius 3 is 2.58 bits per heavy atom. The monoisotopic (exact) mass is 438 g/mol. The molecule has 0 spiro atoms. The van der Waals surface area contributed by atoms with Crippen LogP contribution in [0.4, 0.5) is 5.13 Å². The van der Waals surface area contributed by atoms with Crippen molar-refractivity contribution in [2.75, 3.05) is 19.5 Å². The van der Waals surface area contributed by atoms with Gasteiger partial charge in [0.2, 0.25) is 5.91 Å². The van der Waals surface area contributed by atoms with Crippen molar-refractivity contribution in [1.82, 2.24) is 24.6 Å². The highest BCUT2D eigenvalue weighted by Gasteiger charge is 2.16. The first-order valence-corrected chi connectivity index (χ1v) is 10.4. The largest absolute Gasteiger partial charge is 0.493 e. The molecule has 0 saturated carbocycles. The van der Waals surface area contributed by atoms with Gasteiger partial charge in [0.15, 0.2) is 22.5 Å². The SMILES string of the molecule is COc1ccc(-c2nc(NC(=O)Cc3nc4nc(C)cc(C)n4n3)sc2C)cc1OC. The maximum absolute atomic E-state index is 12.6. The number of benzene rings is 1. The number of hydrogen-bond acceptors (Lipinski definition) is 8. The van der Waals surface area contributed by atoms with Crippen molar-refractivity contribution in [3.05, 3.63) is 46.4 Å². The van der Waals surface area contributed by atoms with Crippen LogP contribution in [0.5, 0.6) is 11.5 Å². The number of rotatable bonds is 6. The average Bonchev–Trinajstić information content (AvgIpc) is 3.29. The van der Waals surface area contributed by atoms with Gasteiger partial charge in [-0.3, -0.25) is 4.79 Å². The molecule has 0 atom stereocenters. The van der Waals surface area contributed by atoms with Crippen molar-refractivity contribution in [3.63, 3.8) is 0 Å². The maximum Gasteiger partial charge on any atom is 0.252 e. The van der Waals surface area contributed by atoms with Gasteiger partial charge in [-0.05, 0) is 45.0 Å². The molecule has 0 aliphatic heterocycles. The van der Waals surface area contributed by atoms with Crippen LogP contribution in [0.1, 0.15) is 22.1 Å². The molecule has 3 heterocycles. The molecule has 0 saturated heterocycles. The number of amides is 1. The fourth-order valence-corrected chi connectivity index (χ4v) is 4.14. The van der Waals surface area contributed by atoms with E-state index in [9.17, 15) is 4.79 Å². The lowest BCUT2D eigenvalue weighted by Crippen LogP contribution is -2.15. The van der Waals surface area contributed by atoms with E-state index >= 15 is 0 Å². The Morgan fingerprint density at radius 1 is 1.06 bits per heavy atom. The van der Waals surface area contributed by atoms with Gasteiger partial charge in [-0.2, -0.15) is 4.98 Å². The van der Waals surface area contributed by atoms with Gasteiger partial charge in [0.1, 0.15) is 0 Å². The molecule has 0 fully saturated rings. The normalized spacial score (nSPS) is 11.0. The van der Waals surface area contributed by atoms with E-state index in [1.54, 1.807) is 18.7 Å². The second-order valence-corrected chi connectivity index (χ2v) is 8.20. The van der Waals surface area contributed by atoms with Crippen LogP contribution in [0.25, 0.3) is 17.0 Å². The van der Waals surface area contributed by atoms with E-state index in [-0.39, 0.29) is 12.3 Å². The molecule has 1 N–H and O–H groups in total. The number of ether oxygens (including phenoxy) is 2. The van der Waals surface area contributed by atoms with Crippen LogP contribution in [0.3, 0.4) is 0 Å². The predicted molar refractivity (Wildman–Crippen MR) is 118 cm³/mol. The second-order valence-electron chi connectivity index (χ2n) is 7.00. The lowest BCUT2D eigenvalue weighted by molar-refractivity contribution is -0.115. The van der Waals surface area contributed by atoms with E-state index in [0.717, 1.165) is 27.5 Å². The van der Waals surface area contributed by atoms with Gasteiger partial charge >= 0.3 is 0 Å². The summed E-state index contributed by atoms with van der Waals surface area (Å²) >= 11 is 1.41. The predicted octanol–water partition coefficient (Wildman–Crippen LogP) is 3.37. The number of aryl methyl sites for hydroxylation is 3. The number of methoxy groups -OCH3 is 2. The number of nitrogens with zero attached hydrogens (tertiary/aromatic N) is 5. The highest BCUT2D eigenvalue weighted by Crippen LogP contribution is 2.36. The van der Waals surface area contributed by atoms with Crippen LogP contribution in [-0.4, -0.2) is 44.7 Å². The number of anilines is 1. The van der Waals surface area contributed by atoms with E-state index in [0.29, 0.717) is 28.2 Å². The van der Waals surface area contributed by atoms with Gasteiger partial charge in [-0.25, -0.2) is 14.5 Å². The minimum Gasteiger partial charge on any atom is -0.493 e.